The lowest BCUT2D eigenvalue weighted by Gasteiger charge is -2.32. The molecule has 0 amide bonds. The summed E-state index contributed by atoms with van der Waals surface area (Å²) in [5, 5.41) is 3.19. The van der Waals surface area contributed by atoms with Gasteiger partial charge in [-0.05, 0) is 38.3 Å². The Bertz CT molecular complexity index is 62.0. The third-order valence-electron chi connectivity index (χ3n) is 1.96. The molecule has 0 spiro atoms. The van der Waals surface area contributed by atoms with E-state index in [-0.39, 0.29) is 0 Å². The SMILES string of the molecule is CNCC1CC(C)C1. The molecule has 0 saturated heterocycles. The van der Waals surface area contributed by atoms with Crippen molar-refractivity contribution in [2.75, 3.05) is 13.6 Å². The first-order valence-corrected chi connectivity index (χ1v) is 3.47. The Labute approximate surface area is 51.5 Å². The standard InChI is InChI=1S/C7H15N/c1-6-3-7(4-6)5-8-2/h6-8H,3-5H2,1-2H3. The summed E-state index contributed by atoms with van der Waals surface area (Å²) in [6, 6.07) is 0. The van der Waals surface area contributed by atoms with Gasteiger partial charge in [0.1, 0.15) is 0 Å². The average Bonchev–Trinajstić information content (AvgIpc) is 1.64. The normalized spacial score (nSPS) is 36.8. The molecule has 0 aliphatic heterocycles. The van der Waals surface area contributed by atoms with E-state index in [1.807, 2.05) is 7.05 Å². The van der Waals surface area contributed by atoms with Crippen molar-refractivity contribution in [3.63, 3.8) is 0 Å². The van der Waals surface area contributed by atoms with Crippen molar-refractivity contribution < 1.29 is 0 Å². The summed E-state index contributed by atoms with van der Waals surface area (Å²) in [5.41, 5.74) is 0. The summed E-state index contributed by atoms with van der Waals surface area (Å²) < 4.78 is 0. The number of nitrogens with one attached hydrogen (secondary N) is 1. The van der Waals surface area contributed by atoms with Crippen LogP contribution in [0.4, 0.5) is 0 Å². The molecular formula is C7H15N. The van der Waals surface area contributed by atoms with Crippen LogP contribution in [0.3, 0.4) is 0 Å². The van der Waals surface area contributed by atoms with Crippen molar-refractivity contribution in [3.8, 4) is 0 Å². The lowest BCUT2D eigenvalue weighted by molar-refractivity contribution is 0.210. The topological polar surface area (TPSA) is 12.0 Å². The Balaban J connectivity index is 1.98. The number of hydrogen-bond donors (Lipinski definition) is 1. The van der Waals surface area contributed by atoms with Gasteiger partial charge in [-0.15, -0.1) is 0 Å². The van der Waals surface area contributed by atoms with Gasteiger partial charge in [0.05, 0.1) is 0 Å². The van der Waals surface area contributed by atoms with Crippen LogP contribution in [0, 0.1) is 11.8 Å². The highest BCUT2D eigenvalue weighted by Crippen LogP contribution is 2.31. The zero-order valence-electron chi connectivity index (χ0n) is 5.78. The first-order valence-electron chi connectivity index (χ1n) is 3.47. The fourth-order valence-electron chi connectivity index (χ4n) is 1.52. The van der Waals surface area contributed by atoms with E-state index in [1.54, 1.807) is 0 Å². The van der Waals surface area contributed by atoms with Crippen LogP contribution in [-0.2, 0) is 0 Å². The molecule has 0 heterocycles. The Morgan fingerprint density at radius 1 is 1.50 bits per heavy atom. The summed E-state index contributed by atoms with van der Waals surface area (Å²) in [7, 11) is 2.03. The van der Waals surface area contributed by atoms with Gasteiger partial charge < -0.3 is 5.32 Å². The molecule has 0 radical (unpaired) electrons. The highest BCUT2D eigenvalue weighted by molar-refractivity contribution is 4.76. The van der Waals surface area contributed by atoms with Crippen LogP contribution < -0.4 is 5.32 Å². The van der Waals surface area contributed by atoms with Gasteiger partial charge >= 0.3 is 0 Å². The number of hydrogen-bond acceptors (Lipinski definition) is 1. The Kier molecular flexibility index (Phi) is 1.90. The molecule has 0 bridgehead atoms. The minimum Gasteiger partial charge on any atom is -0.319 e. The zero-order valence-corrected chi connectivity index (χ0v) is 5.78. The van der Waals surface area contributed by atoms with Crippen LogP contribution in [0.1, 0.15) is 19.8 Å². The van der Waals surface area contributed by atoms with Crippen molar-refractivity contribution in [3.05, 3.63) is 0 Å². The van der Waals surface area contributed by atoms with Crippen molar-refractivity contribution in [2.45, 2.75) is 19.8 Å². The van der Waals surface area contributed by atoms with Crippen molar-refractivity contribution in [1.29, 1.82) is 0 Å². The molecule has 1 saturated carbocycles. The highest BCUT2D eigenvalue weighted by Gasteiger charge is 2.23. The van der Waals surface area contributed by atoms with Gasteiger partial charge in [0, 0.05) is 0 Å². The Morgan fingerprint density at radius 2 is 2.12 bits per heavy atom. The van der Waals surface area contributed by atoms with Gasteiger partial charge in [-0.25, -0.2) is 0 Å². The second-order valence-electron chi connectivity index (χ2n) is 3.00. The van der Waals surface area contributed by atoms with E-state index in [2.05, 4.69) is 12.2 Å². The summed E-state index contributed by atoms with van der Waals surface area (Å²) in [6.07, 6.45) is 2.89. The molecule has 1 aliphatic rings. The smallest absolute Gasteiger partial charge is 0.00233 e. The average molecular weight is 113 g/mol. The highest BCUT2D eigenvalue weighted by atomic mass is 14.8. The first kappa shape index (κ1) is 6.09. The molecule has 0 atom stereocenters. The van der Waals surface area contributed by atoms with E-state index in [9.17, 15) is 0 Å². The fraction of sp³-hybridized carbons (Fsp3) is 1.00. The second kappa shape index (κ2) is 2.49. The predicted molar refractivity (Wildman–Crippen MR) is 35.8 cm³/mol. The van der Waals surface area contributed by atoms with E-state index in [0.29, 0.717) is 0 Å². The Morgan fingerprint density at radius 3 is 2.50 bits per heavy atom. The summed E-state index contributed by atoms with van der Waals surface area (Å²) >= 11 is 0. The lowest BCUT2D eigenvalue weighted by Crippen LogP contribution is -2.29. The van der Waals surface area contributed by atoms with E-state index in [4.69, 9.17) is 0 Å². The van der Waals surface area contributed by atoms with E-state index in [1.165, 1.54) is 19.4 Å². The maximum absolute atomic E-state index is 3.19. The molecule has 0 unspecified atom stereocenters. The van der Waals surface area contributed by atoms with Gasteiger partial charge in [0.2, 0.25) is 0 Å². The predicted octanol–water partition coefficient (Wildman–Crippen LogP) is 1.25. The summed E-state index contributed by atoms with van der Waals surface area (Å²) in [4.78, 5) is 0. The first-order chi connectivity index (χ1) is 3.83. The van der Waals surface area contributed by atoms with Crippen LogP contribution in [0.25, 0.3) is 0 Å². The monoisotopic (exact) mass is 113 g/mol. The maximum atomic E-state index is 3.19. The maximum Gasteiger partial charge on any atom is -0.00233 e. The van der Waals surface area contributed by atoms with E-state index < -0.39 is 0 Å². The molecule has 1 N–H and O–H groups in total. The van der Waals surface area contributed by atoms with Gasteiger partial charge in [0.25, 0.3) is 0 Å². The lowest BCUT2D eigenvalue weighted by atomic mass is 9.76. The van der Waals surface area contributed by atoms with Crippen LogP contribution in [0.15, 0.2) is 0 Å². The molecule has 1 fully saturated rings. The largest absolute Gasteiger partial charge is 0.319 e. The molecular weight excluding hydrogens is 98.1 g/mol. The zero-order chi connectivity index (χ0) is 5.98. The summed E-state index contributed by atoms with van der Waals surface area (Å²) in [5.74, 6) is 2.00. The minimum absolute atomic E-state index is 0.995. The molecule has 0 aromatic heterocycles. The van der Waals surface area contributed by atoms with E-state index >= 15 is 0 Å². The molecule has 8 heavy (non-hydrogen) atoms. The van der Waals surface area contributed by atoms with Gasteiger partial charge in [-0.1, -0.05) is 6.92 Å². The summed E-state index contributed by atoms with van der Waals surface area (Å²) in [6.45, 7) is 3.55. The second-order valence-corrected chi connectivity index (χ2v) is 3.00. The van der Waals surface area contributed by atoms with Gasteiger partial charge in [-0.2, -0.15) is 0 Å². The molecule has 1 heteroatoms. The molecule has 0 aromatic rings. The number of rotatable bonds is 2. The fourth-order valence-corrected chi connectivity index (χ4v) is 1.52. The molecule has 48 valence electrons. The van der Waals surface area contributed by atoms with Crippen LogP contribution >= 0.6 is 0 Å². The van der Waals surface area contributed by atoms with Gasteiger partial charge in [-0.3, -0.25) is 0 Å². The van der Waals surface area contributed by atoms with Crippen LogP contribution in [0.2, 0.25) is 0 Å². The van der Waals surface area contributed by atoms with Crippen LogP contribution in [-0.4, -0.2) is 13.6 Å². The van der Waals surface area contributed by atoms with Crippen molar-refractivity contribution in [1.82, 2.24) is 5.32 Å². The molecule has 1 nitrogen and oxygen atoms in total. The third kappa shape index (κ3) is 1.22. The Hall–Kier alpha value is -0.0400. The quantitative estimate of drug-likeness (QED) is 0.568. The third-order valence-corrected chi connectivity index (χ3v) is 1.96. The van der Waals surface area contributed by atoms with Crippen molar-refractivity contribution in [2.24, 2.45) is 11.8 Å². The molecule has 1 rings (SSSR count). The van der Waals surface area contributed by atoms with Crippen molar-refractivity contribution >= 4 is 0 Å². The molecule has 1 aliphatic carbocycles. The molecule has 0 aromatic carbocycles. The van der Waals surface area contributed by atoms with Crippen LogP contribution in [0.5, 0.6) is 0 Å². The van der Waals surface area contributed by atoms with E-state index in [0.717, 1.165) is 11.8 Å². The minimum atomic E-state index is 0.995. The van der Waals surface area contributed by atoms with Gasteiger partial charge in [0.15, 0.2) is 0 Å².